The number of hydrogen-bond donors (Lipinski definition) is 0. The molecule has 1 rings (SSSR count). The van der Waals surface area contributed by atoms with Gasteiger partial charge in [-0.2, -0.15) is 8.42 Å². The van der Waals surface area contributed by atoms with Gasteiger partial charge in [-0.15, -0.1) is 3.89 Å². The topological polar surface area (TPSA) is 47.0 Å². The molecule has 0 radical (unpaired) electrons. The monoisotopic (exact) mass is 203 g/mol. The average Bonchev–Trinajstić information content (AvgIpc) is 2.01. The van der Waals surface area contributed by atoms with Crippen molar-refractivity contribution in [2.24, 2.45) is 0 Å². The molecule has 0 saturated carbocycles. The van der Waals surface area contributed by atoms with Crippen LogP contribution in [-0.2, 0) is 16.6 Å². The highest BCUT2D eigenvalue weighted by Gasteiger charge is 2.08. The molecule has 0 aromatic carbocycles. The predicted molar refractivity (Wildman–Crippen MR) is 47.6 cm³/mol. The first-order chi connectivity index (χ1) is 5.99. The van der Waals surface area contributed by atoms with Gasteiger partial charge in [-0.1, -0.05) is 0 Å². The largest absolute Gasteiger partial charge is 0.302 e. The number of halogens is 1. The fourth-order valence-electron chi connectivity index (χ4n) is 1.01. The molecule has 1 aromatic rings. The number of pyridine rings is 1. The number of aromatic nitrogens is 1. The van der Waals surface area contributed by atoms with Gasteiger partial charge in [0.2, 0.25) is 0 Å². The molecule has 0 amide bonds. The second kappa shape index (κ2) is 3.83. The van der Waals surface area contributed by atoms with E-state index in [0.29, 0.717) is 0 Å². The van der Waals surface area contributed by atoms with E-state index in [-0.39, 0.29) is 6.42 Å². The normalized spacial score (nSPS) is 11.5. The summed E-state index contributed by atoms with van der Waals surface area (Å²) in [5.74, 6) is -0.460. The van der Waals surface area contributed by atoms with Gasteiger partial charge in [0.15, 0.2) is 0 Å². The lowest BCUT2D eigenvalue weighted by atomic mass is 10.1. The van der Waals surface area contributed by atoms with Crippen LogP contribution in [0.3, 0.4) is 0 Å². The molecule has 0 aliphatic rings. The quantitative estimate of drug-likeness (QED) is 0.694. The SMILES string of the molecule is Cc1cnccc1CCS(=O)(=O)F. The fourth-order valence-corrected chi connectivity index (χ4v) is 1.48. The molecule has 3 nitrogen and oxygen atoms in total. The molecule has 0 saturated heterocycles. The standard InChI is InChI=1S/C8H10FNO2S/c1-7-6-10-4-2-8(7)3-5-13(9,11)12/h2,4,6H,3,5H2,1H3. The van der Waals surface area contributed by atoms with E-state index in [4.69, 9.17) is 0 Å². The van der Waals surface area contributed by atoms with E-state index in [1.54, 1.807) is 18.5 Å². The van der Waals surface area contributed by atoms with Crippen molar-refractivity contribution in [3.63, 3.8) is 0 Å². The molecule has 0 aliphatic carbocycles. The highest BCUT2D eigenvalue weighted by atomic mass is 32.3. The molecule has 0 bridgehead atoms. The van der Waals surface area contributed by atoms with Crippen LogP contribution in [0.2, 0.25) is 0 Å². The Hall–Kier alpha value is -0.970. The van der Waals surface area contributed by atoms with Gasteiger partial charge in [-0.3, -0.25) is 4.98 Å². The van der Waals surface area contributed by atoms with Crippen molar-refractivity contribution in [1.82, 2.24) is 4.98 Å². The molecule has 0 fully saturated rings. The summed E-state index contributed by atoms with van der Waals surface area (Å²) < 4.78 is 32.6. The van der Waals surface area contributed by atoms with Crippen molar-refractivity contribution < 1.29 is 12.3 Å². The number of aryl methyl sites for hydroxylation is 2. The van der Waals surface area contributed by atoms with Gasteiger partial charge >= 0.3 is 10.2 Å². The Morgan fingerprint density at radius 1 is 1.54 bits per heavy atom. The van der Waals surface area contributed by atoms with Crippen molar-refractivity contribution in [1.29, 1.82) is 0 Å². The maximum absolute atomic E-state index is 12.2. The van der Waals surface area contributed by atoms with Crippen LogP contribution in [0.25, 0.3) is 0 Å². The summed E-state index contributed by atoms with van der Waals surface area (Å²) >= 11 is 0. The van der Waals surface area contributed by atoms with Crippen molar-refractivity contribution >= 4 is 10.2 Å². The molecule has 13 heavy (non-hydrogen) atoms. The van der Waals surface area contributed by atoms with E-state index >= 15 is 0 Å². The first-order valence-electron chi connectivity index (χ1n) is 3.81. The third kappa shape index (κ3) is 3.50. The van der Waals surface area contributed by atoms with Crippen LogP contribution in [0, 0.1) is 6.92 Å². The molecular formula is C8H10FNO2S. The van der Waals surface area contributed by atoms with Gasteiger partial charge in [0.25, 0.3) is 0 Å². The molecule has 0 spiro atoms. The van der Waals surface area contributed by atoms with Crippen LogP contribution in [0.1, 0.15) is 11.1 Å². The van der Waals surface area contributed by atoms with E-state index in [9.17, 15) is 12.3 Å². The lowest BCUT2D eigenvalue weighted by Gasteiger charge is -2.01. The molecule has 0 unspecified atom stereocenters. The smallest absolute Gasteiger partial charge is 0.264 e. The van der Waals surface area contributed by atoms with Crippen LogP contribution in [0.15, 0.2) is 18.5 Å². The Labute approximate surface area is 76.8 Å². The highest BCUT2D eigenvalue weighted by molar-refractivity contribution is 7.86. The van der Waals surface area contributed by atoms with Crippen LogP contribution in [0.4, 0.5) is 3.89 Å². The first-order valence-corrected chi connectivity index (χ1v) is 5.36. The van der Waals surface area contributed by atoms with Gasteiger partial charge in [0.1, 0.15) is 0 Å². The van der Waals surface area contributed by atoms with E-state index in [1.807, 2.05) is 6.92 Å². The molecule has 0 aliphatic heterocycles. The van der Waals surface area contributed by atoms with Gasteiger partial charge in [-0.05, 0) is 30.5 Å². The lowest BCUT2D eigenvalue weighted by Crippen LogP contribution is -2.03. The van der Waals surface area contributed by atoms with Crippen LogP contribution < -0.4 is 0 Å². The van der Waals surface area contributed by atoms with Crippen molar-refractivity contribution in [3.05, 3.63) is 29.6 Å². The minimum Gasteiger partial charge on any atom is -0.264 e. The maximum Gasteiger partial charge on any atom is 0.302 e. The molecular weight excluding hydrogens is 193 g/mol. The zero-order valence-corrected chi connectivity index (χ0v) is 8.01. The Kier molecular flexibility index (Phi) is 2.98. The second-order valence-electron chi connectivity index (χ2n) is 2.80. The molecule has 72 valence electrons. The van der Waals surface area contributed by atoms with Crippen LogP contribution in [-0.4, -0.2) is 19.2 Å². The highest BCUT2D eigenvalue weighted by Crippen LogP contribution is 2.07. The zero-order chi connectivity index (χ0) is 9.90. The summed E-state index contributed by atoms with van der Waals surface area (Å²) in [5, 5.41) is 0. The van der Waals surface area contributed by atoms with E-state index in [2.05, 4.69) is 4.98 Å². The number of rotatable bonds is 3. The average molecular weight is 203 g/mol. The summed E-state index contributed by atoms with van der Waals surface area (Å²) in [5.41, 5.74) is 1.70. The number of nitrogens with zero attached hydrogens (tertiary/aromatic N) is 1. The van der Waals surface area contributed by atoms with Crippen LogP contribution >= 0.6 is 0 Å². The molecule has 5 heteroatoms. The van der Waals surface area contributed by atoms with Gasteiger partial charge in [0, 0.05) is 12.4 Å². The minimum absolute atomic E-state index is 0.202. The molecule has 0 atom stereocenters. The summed E-state index contributed by atoms with van der Waals surface area (Å²) in [6, 6.07) is 1.69. The first kappa shape index (κ1) is 10.1. The van der Waals surface area contributed by atoms with E-state index < -0.39 is 16.0 Å². The van der Waals surface area contributed by atoms with Gasteiger partial charge < -0.3 is 0 Å². The Morgan fingerprint density at radius 3 is 2.77 bits per heavy atom. The summed E-state index contributed by atoms with van der Waals surface area (Å²) in [7, 11) is -4.36. The van der Waals surface area contributed by atoms with Crippen molar-refractivity contribution in [2.75, 3.05) is 5.75 Å². The van der Waals surface area contributed by atoms with Crippen LogP contribution in [0.5, 0.6) is 0 Å². The predicted octanol–water partition coefficient (Wildman–Crippen LogP) is 1.23. The van der Waals surface area contributed by atoms with E-state index in [1.165, 1.54) is 0 Å². The lowest BCUT2D eigenvalue weighted by molar-refractivity contribution is 0.551. The molecule has 0 N–H and O–H groups in total. The Morgan fingerprint density at radius 2 is 2.23 bits per heavy atom. The van der Waals surface area contributed by atoms with Crippen molar-refractivity contribution in [3.8, 4) is 0 Å². The number of hydrogen-bond acceptors (Lipinski definition) is 3. The summed E-state index contributed by atoms with van der Waals surface area (Å²) in [4.78, 5) is 3.85. The minimum atomic E-state index is -4.36. The van der Waals surface area contributed by atoms with Crippen molar-refractivity contribution in [2.45, 2.75) is 13.3 Å². The van der Waals surface area contributed by atoms with Gasteiger partial charge in [0.05, 0.1) is 5.75 Å². The zero-order valence-electron chi connectivity index (χ0n) is 7.20. The molecule has 1 aromatic heterocycles. The summed E-state index contributed by atoms with van der Waals surface area (Å²) in [6.45, 7) is 1.81. The second-order valence-corrected chi connectivity index (χ2v) is 4.28. The third-order valence-corrected chi connectivity index (χ3v) is 2.44. The van der Waals surface area contributed by atoms with Gasteiger partial charge in [-0.25, -0.2) is 0 Å². The third-order valence-electron chi connectivity index (χ3n) is 1.75. The maximum atomic E-state index is 12.2. The Balaban J connectivity index is 2.71. The van der Waals surface area contributed by atoms with E-state index in [0.717, 1.165) is 11.1 Å². The fraction of sp³-hybridized carbons (Fsp3) is 0.375. The molecule has 1 heterocycles. The summed E-state index contributed by atoms with van der Waals surface area (Å²) in [6.07, 6.45) is 3.39. The Bertz CT molecular complexity index is 389.